The van der Waals surface area contributed by atoms with E-state index in [1.165, 1.54) is 23.1 Å². The number of halogens is 1. The molecule has 3 aromatic rings. The first kappa shape index (κ1) is 23.1. The van der Waals surface area contributed by atoms with Gasteiger partial charge in [0.25, 0.3) is 17.5 Å². The van der Waals surface area contributed by atoms with E-state index in [0.29, 0.717) is 27.6 Å². The van der Waals surface area contributed by atoms with Crippen molar-refractivity contribution in [2.24, 2.45) is 0 Å². The lowest BCUT2D eigenvalue weighted by Gasteiger charge is -2.29. The number of benzene rings is 3. The third-order valence-electron chi connectivity index (χ3n) is 4.93. The largest absolute Gasteiger partial charge is 0.488 e. The quantitative estimate of drug-likeness (QED) is 0.176. The first-order chi connectivity index (χ1) is 16.3. The van der Waals surface area contributed by atoms with Crippen LogP contribution >= 0.6 is 23.8 Å². The molecule has 0 aromatic heterocycles. The number of ether oxygens (including phenoxy) is 1. The van der Waals surface area contributed by atoms with Gasteiger partial charge in [0.1, 0.15) is 17.9 Å². The normalized spacial score (nSPS) is 14.8. The number of nitro groups is 1. The molecule has 170 valence electrons. The third kappa shape index (κ3) is 4.95. The van der Waals surface area contributed by atoms with Crippen LogP contribution in [0, 0.1) is 10.1 Å². The van der Waals surface area contributed by atoms with Gasteiger partial charge in [-0.1, -0.05) is 29.8 Å². The van der Waals surface area contributed by atoms with Gasteiger partial charge >= 0.3 is 0 Å². The fraction of sp³-hybridized carbons (Fsp3) is 0.0417. The van der Waals surface area contributed by atoms with E-state index in [0.717, 1.165) is 0 Å². The van der Waals surface area contributed by atoms with E-state index < -0.39 is 16.7 Å². The van der Waals surface area contributed by atoms with Crippen LogP contribution in [0.5, 0.6) is 5.75 Å². The number of rotatable bonds is 6. The molecule has 0 aliphatic carbocycles. The molecule has 34 heavy (non-hydrogen) atoms. The molecule has 3 aromatic carbocycles. The Hall–Kier alpha value is -4.08. The molecule has 0 unspecified atom stereocenters. The number of hydrogen-bond donors (Lipinski definition) is 1. The van der Waals surface area contributed by atoms with E-state index in [1.807, 2.05) is 0 Å². The van der Waals surface area contributed by atoms with E-state index in [-0.39, 0.29) is 23.0 Å². The standard InChI is InChI=1S/C24H16ClN3O5S/c25-17-8-11-21(33-14-15-6-9-19(10-7-15)28(31)32)16(12-17)13-20-22(29)26-24(34)27(23(20)30)18-4-2-1-3-5-18/h1-13H,14H2,(H,26,29,34)/b20-13-. The van der Waals surface area contributed by atoms with Crippen LogP contribution in [0.3, 0.4) is 0 Å². The SMILES string of the molecule is O=C1NC(=S)N(c2ccccc2)C(=O)/C1=C\c1cc(Cl)ccc1OCc1ccc([N+](=O)[O-])cc1. The van der Waals surface area contributed by atoms with Crippen molar-refractivity contribution < 1.29 is 19.2 Å². The Labute approximate surface area is 204 Å². The number of para-hydroxylation sites is 1. The summed E-state index contributed by atoms with van der Waals surface area (Å²) >= 11 is 11.4. The van der Waals surface area contributed by atoms with Crippen molar-refractivity contribution in [3.05, 3.63) is 105 Å². The van der Waals surface area contributed by atoms with Gasteiger partial charge in [0, 0.05) is 22.7 Å². The maximum atomic E-state index is 13.2. The minimum atomic E-state index is -0.636. The smallest absolute Gasteiger partial charge is 0.270 e. The molecule has 1 saturated heterocycles. The van der Waals surface area contributed by atoms with Crippen LogP contribution in [0.25, 0.3) is 6.08 Å². The lowest BCUT2D eigenvalue weighted by Crippen LogP contribution is -2.54. The molecular weight excluding hydrogens is 478 g/mol. The Balaban J connectivity index is 1.63. The molecule has 0 atom stereocenters. The number of anilines is 1. The number of nitrogens with zero attached hydrogens (tertiary/aromatic N) is 2. The van der Waals surface area contributed by atoms with Gasteiger partial charge in [-0.15, -0.1) is 0 Å². The lowest BCUT2D eigenvalue weighted by atomic mass is 10.1. The van der Waals surface area contributed by atoms with E-state index in [9.17, 15) is 19.7 Å². The van der Waals surface area contributed by atoms with Crippen LogP contribution in [0.2, 0.25) is 5.02 Å². The Morgan fingerprint density at radius 1 is 1.06 bits per heavy atom. The molecule has 0 radical (unpaired) electrons. The highest BCUT2D eigenvalue weighted by molar-refractivity contribution is 7.80. The number of hydrogen-bond acceptors (Lipinski definition) is 6. The average molecular weight is 494 g/mol. The first-order valence-electron chi connectivity index (χ1n) is 9.95. The minimum Gasteiger partial charge on any atom is -0.488 e. The number of nitro benzene ring substituents is 1. The number of carbonyl (C=O) groups excluding carboxylic acids is 2. The molecule has 1 N–H and O–H groups in total. The summed E-state index contributed by atoms with van der Waals surface area (Å²) in [6, 6.07) is 19.5. The van der Waals surface area contributed by atoms with Crippen LogP contribution in [-0.4, -0.2) is 21.9 Å². The fourth-order valence-electron chi connectivity index (χ4n) is 3.26. The molecule has 4 rings (SSSR count). The Kier molecular flexibility index (Phi) is 6.67. The van der Waals surface area contributed by atoms with Gasteiger partial charge in [-0.05, 0) is 66.3 Å². The molecule has 1 aliphatic heterocycles. The predicted molar refractivity (Wildman–Crippen MR) is 132 cm³/mol. The third-order valence-corrected chi connectivity index (χ3v) is 5.45. The van der Waals surface area contributed by atoms with Crippen LogP contribution in [-0.2, 0) is 16.2 Å². The zero-order valence-corrected chi connectivity index (χ0v) is 19.0. The maximum Gasteiger partial charge on any atom is 0.270 e. The highest BCUT2D eigenvalue weighted by Gasteiger charge is 2.34. The lowest BCUT2D eigenvalue weighted by molar-refractivity contribution is -0.384. The van der Waals surface area contributed by atoms with E-state index in [4.69, 9.17) is 28.6 Å². The van der Waals surface area contributed by atoms with E-state index >= 15 is 0 Å². The van der Waals surface area contributed by atoms with Crippen LogP contribution in [0.4, 0.5) is 11.4 Å². The number of non-ortho nitro benzene ring substituents is 1. The summed E-state index contributed by atoms with van der Waals surface area (Å²) in [6.45, 7) is 0.107. The summed E-state index contributed by atoms with van der Waals surface area (Å²) in [5, 5.41) is 13.7. The highest BCUT2D eigenvalue weighted by Crippen LogP contribution is 2.28. The average Bonchev–Trinajstić information content (AvgIpc) is 2.82. The fourth-order valence-corrected chi connectivity index (χ4v) is 3.72. The van der Waals surface area contributed by atoms with Crippen molar-refractivity contribution in [2.45, 2.75) is 6.61 Å². The van der Waals surface area contributed by atoms with Crippen molar-refractivity contribution in [1.29, 1.82) is 0 Å². The van der Waals surface area contributed by atoms with Gasteiger partial charge < -0.3 is 4.74 Å². The number of nitrogens with one attached hydrogen (secondary N) is 1. The van der Waals surface area contributed by atoms with Crippen molar-refractivity contribution in [2.75, 3.05) is 4.90 Å². The Bertz CT molecular complexity index is 1330. The van der Waals surface area contributed by atoms with Crippen LogP contribution < -0.4 is 15.0 Å². The maximum absolute atomic E-state index is 13.2. The summed E-state index contributed by atoms with van der Waals surface area (Å²) in [7, 11) is 0. The van der Waals surface area contributed by atoms with Gasteiger partial charge in [0.15, 0.2) is 5.11 Å². The van der Waals surface area contributed by atoms with E-state index in [2.05, 4.69) is 5.32 Å². The summed E-state index contributed by atoms with van der Waals surface area (Å²) in [5.41, 5.74) is 1.47. The van der Waals surface area contributed by atoms with Gasteiger partial charge in [-0.25, -0.2) is 0 Å². The first-order valence-corrected chi connectivity index (χ1v) is 10.7. The van der Waals surface area contributed by atoms with Crippen molar-refractivity contribution >= 4 is 58.2 Å². The predicted octanol–water partition coefficient (Wildman–Crippen LogP) is 4.66. The molecule has 10 heteroatoms. The topological polar surface area (TPSA) is 102 Å². The molecular formula is C24H16ClN3O5S. The Morgan fingerprint density at radius 3 is 2.44 bits per heavy atom. The molecule has 1 heterocycles. The van der Waals surface area contributed by atoms with E-state index in [1.54, 1.807) is 60.7 Å². The minimum absolute atomic E-state index is 0.0147. The highest BCUT2D eigenvalue weighted by atomic mass is 35.5. The summed E-state index contributed by atoms with van der Waals surface area (Å²) in [6.07, 6.45) is 1.40. The molecule has 0 spiro atoms. The molecule has 1 fully saturated rings. The number of amides is 2. The van der Waals surface area contributed by atoms with Gasteiger partial charge in [-0.2, -0.15) is 0 Å². The van der Waals surface area contributed by atoms with Crippen molar-refractivity contribution in [1.82, 2.24) is 5.32 Å². The van der Waals surface area contributed by atoms with Gasteiger partial charge in [0.2, 0.25) is 0 Å². The molecule has 1 aliphatic rings. The summed E-state index contributed by atoms with van der Waals surface area (Å²) < 4.78 is 5.87. The van der Waals surface area contributed by atoms with Crippen molar-refractivity contribution in [3.63, 3.8) is 0 Å². The van der Waals surface area contributed by atoms with Gasteiger partial charge in [0.05, 0.1) is 10.6 Å². The van der Waals surface area contributed by atoms with Crippen molar-refractivity contribution in [3.8, 4) is 5.75 Å². The second-order valence-electron chi connectivity index (χ2n) is 7.19. The molecule has 2 amide bonds. The second-order valence-corrected chi connectivity index (χ2v) is 8.01. The second kappa shape index (κ2) is 9.82. The zero-order chi connectivity index (χ0) is 24.2. The number of carbonyl (C=O) groups is 2. The van der Waals surface area contributed by atoms with Gasteiger partial charge in [-0.3, -0.25) is 29.9 Å². The van der Waals surface area contributed by atoms with Crippen LogP contribution in [0.1, 0.15) is 11.1 Å². The Morgan fingerprint density at radius 2 is 1.76 bits per heavy atom. The molecule has 0 saturated carbocycles. The van der Waals surface area contributed by atoms with Crippen LogP contribution in [0.15, 0.2) is 78.4 Å². The number of thiocarbonyl (C=S) groups is 1. The zero-order valence-electron chi connectivity index (χ0n) is 17.4. The molecule has 8 nitrogen and oxygen atoms in total. The molecule has 0 bridgehead atoms. The summed E-state index contributed by atoms with van der Waals surface area (Å²) in [5.74, 6) is -0.847. The summed E-state index contributed by atoms with van der Waals surface area (Å²) in [4.78, 5) is 37.4. The monoisotopic (exact) mass is 493 g/mol.